The lowest BCUT2D eigenvalue weighted by molar-refractivity contribution is 0.266. The average Bonchev–Trinajstić information content (AvgIpc) is 1.76. The molecular weight excluding hydrogens is 324 g/mol. The molecule has 0 saturated carbocycles. The van der Waals surface area contributed by atoms with Gasteiger partial charge in [0, 0.05) is 11.0 Å². The summed E-state index contributed by atoms with van der Waals surface area (Å²) in [4.78, 5) is 36.3. The van der Waals surface area contributed by atoms with E-state index in [9.17, 15) is 0 Å². The van der Waals surface area contributed by atoms with Crippen LogP contribution in [0.25, 0.3) is 0 Å². The number of carbonyl (C=O) groups excluding carboxylic acids is 4. The van der Waals surface area contributed by atoms with E-state index in [0.717, 1.165) is 0 Å². The van der Waals surface area contributed by atoms with Crippen LogP contribution in [0.15, 0.2) is 0 Å². The van der Waals surface area contributed by atoms with Crippen molar-refractivity contribution in [1.29, 1.82) is 0 Å². The second-order valence-corrected chi connectivity index (χ2v) is 3.12. The topological polar surface area (TPSA) is 172 Å². The Kier molecular flexibility index (Phi) is 43.4. The lowest BCUT2D eigenvalue weighted by Gasteiger charge is -1.59. The third-order valence-corrected chi connectivity index (χ3v) is 0. The van der Waals surface area contributed by atoms with E-state index >= 15 is 0 Å². The maximum absolute atomic E-state index is 9.09. The number of nitrogens with two attached hydrogens (primary N) is 4. The fraction of sp³-hybridized carbons (Fsp3) is 0. The zero-order chi connectivity index (χ0) is 14.3. The second kappa shape index (κ2) is 24.6. The van der Waals surface area contributed by atoms with Crippen LogP contribution in [0.1, 0.15) is 0 Å². The van der Waals surface area contributed by atoms with Crippen molar-refractivity contribution in [3.8, 4) is 0 Å². The Labute approximate surface area is 124 Å². The van der Waals surface area contributed by atoms with Gasteiger partial charge in [-0.25, -0.2) is 0 Å². The molecule has 0 rings (SSSR count). The number of amides is 4. The van der Waals surface area contributed by atoms with E-state index in [4.69, 9.17) is 19.2 Å². The first-order chi connectivity index (χ1) is 6.93. The Hall–Kier alpha value is -0.503. The molecule has 0 aliphatic carbocycles. The van der Waals surface area contributed by atoms with E-state index in [1.165, 1.54) is 0 Å². The molecule has 0 aromatic carbocycles. The van der Waals surface area contributed by atoms with Gasteiger partial charge in [-0.2, -0.15) is 0 Å². The maximum atomic E-state index is 9.09. The molecule has 0 spiro atoms. The third kappa shape index (κ3) is 11200. The summed E-state index contributed by atoms with van der Waals surface area (Å²) in [6.45, 7) is 0. The lowest BCUT2D eigenvalue weighted by Crippen LogP contribution is -1.95. The Bertz CT molecular complexity index is 178. The van der Waals surface area contributed by atoms with Crippen LogP contribution in [0.3, 0.4) is 0 Å². The molecular formula is C4H12N4O4S4Si. The molecule has 4 radical (unpaired) electrons. The Morgan fingerprint density at radius 1 is 0.529 bits per heavy atom. The van der Waals surface area contributed by atoms with Crippen LogP contribution in [0, 0.1) is 0 Å². The van der Waals surface area contributed by atoms with Crippen molar-refractivity contribution in [3.63, 3.8) is 0 Å². The lowest BCUT2D eigenvalue weighted by atomic mass is 11.5. The van der Waals surface area contributed by atoms with Crippen LogP contribution in [-0.4, -0.2) is 31.9 Å². The van der Waals surface area contributed by atoms with Crippen LogP contribution >= 0.6 is 50.5 Å². The fourth-order valence-corrected chi connectivity index (χ4v) is 0. The van der Waals surface area contributed by atoms with Crippen LogP contribution in [0.4, 0.5) is 19.2 Å². The van der Waals surface area contributed by atoms with Gasteiger partial charge in [0.2, 0.25) is 0 Å². The standard InChI is InChI=1S/4CH3NOS.Si/c4*2-1(3)4;/h4*(H3,2,3,4);. The predicted molar refractivity (Wildman–Crippen MR) is 80.0 cm³/mol. The van der Waals surface area contributed by atoms with Gasteiger partial charge in [-0.1, -0.05) is 50.5 Å². The van der Waals surface area contributed by atoms with Gasteiger partial charge in [-0.3, -0.25) is 19.2 Å². The molecule has 0 aromatic rings. The van der Waals surface area contributed by atoms with Gasteiger partial charge >= 0.3 is 0 Å². The molecule has 13 heteroatoms. The third-order valence-electron chi connectivity index (χ3n) is 0. The highest BCUT2D eigenvalue weighted by Crippen LogP contribution is 1.61. The highest BCUT2D eigenvalue weighted by atomic mass is 32.1. The quantitative estimate of drug-likeness (QED) is 0.222. The summed E-state index contributed by atoms with van der Waals surface area (Å²) >= 11 is 12.4. The van der Waals surface area contributed by atoms with Gasteiger partial charge in [-0.15, -0.1) is 0 Å². The monoisotopic (exact) mass is 336 g/mol. The minimum atomic E-state index is -0.639. The molecule has 0 aliphatic rings. The Balaban J connectivity index is -0.0000000369. The van der Waals surface area contributed by atoms with Crippen molar-refractivity contribution in [1.82, 2.24) is 0 Å². The number of primary amides is 4. The van der Waals surface area contributed by atoms with Gasteiger partial charge in [0.15, 0.2) is 0 Å². The number of carbonyl (C=O) groups is 4. The molecule has 0 saturated heterocycles. The van der Waals surface area contributed by atoms with Gasteiger partial charge in [-0.05, 0) is 0 Å². The van der Waals surface area contributed by atoms with E-state index < -0.39 is 21.0 Å². The molecule has 8 nitrogen and oxygen atoms in total. The minimum absolute atomic E-state index is 0. The summed E-state index contributed by atoms with van der Waals surface area (Å²) in [5, 5.41) is -2.56. The van der Waals surface area contributed by atoms with E-state index in [1.807, 2.05) is 0 Å². The summed E-state index contributed by atoms with van der Waals surface area (Å²) in [6.07, 6.45) is 0. The minimum Gasteiger partial charge on any atom is -0.361 e. The largest absolute Gasteiger partial charge is 0.361 e. The van der Waals surface area contributed by atoms with Crippen molar-refractivity contribution < 1.29 is 19.2 Å². The zero-order valence-corrected chi connectivity index (χ0v) is 12.8. The number of rotatable bonds is 0. The highest BCUT2D eigenvalue weighted by Gasteiger charge is 1.64. The van der Waals surface area contributed by atoms with Crippen molar-refractivity contribution in [2.75, 3.05) is 0 Å². The molecule has 0 fully saturated rings. The molecule has 0 atom stereocenters. The van der Waals surface area contributed by atoms with Crippen LogP contribution in [-0.2, 0) is 0 Å². The van der Waals surface area contributed by atoms with Crippen molar-refractivity contribution in [3.05, 3.63) is 0 Å². The van der Waals surface area contributed by atoms with Crippen LogP contribution < -0.4 is 22.9 Å². The van der Waals surface area contributed by atoms with Gasteiger partial charge in [0.05, 0.1) is 0 Å². The summed E-state index contributed by atoms with van der Waals surface area (Å²) < 4.78 is 0. The Morgan fingerprint density at radius 3 is 0.529 bits per heavy atom. The van der Waals surface area contributed by atoms with Crippen molar-refractivity contribution >= 4 is 82.4 Å². The van der Waals surface area contributed by atoms with Gasteiger partial charge < -0.3 is 22.9 Å². The summed E-state index contributed by atoms with van der Waals surface area (Å²) in [5.41, 5.74) is 17.3. The fourth-order valence-electron chi connectivity index (χ4n) is 0. The molecule has 4 amide bonds. The van der Waals surface area contributed by atoms with Gasteiger partial charge in [0.1, 0.15) is 0 Å². The smallest absolute Gasteiger partial charge is 0.273 e. The van der Waals surface area contributed by atoms with Crippen molar-refractivity contribution in [2.45, 2.75) is 0 Å². The molecule has 17 heavy (non-hydrogen) atoms. The van der Waals surface area contributed by atoms with Crippen LogP contribution in [0.5, 0.6) is 0 Å². The molecule has 0 unspecified atom stereocenters. The molecule has 0 heterocycles. The summed E-state index contributed by atoms with van der Waals surface area (Å²) in [6, 6.07) is 0. The van der Waals surface area contributed by atoms with Gasteiger partial charge in [0.25, 0.3) is 21.0 Å². The second-order valence-electron chi connectivity index (χ2n) is 1.35. The van der Waals surface area contributed by atoms with E-state index in [0.29, 0.717) is 0 Å². The number of hydrogen-bond acceptors (Lipinski definition) is 4. The van der Waals surface area contributed by atoms with Crippen molar-refractivity contribution in [2.24, 2.45) is 22.9 Å². The first kappa shape index (κ1) is 30.0. The van der Waals surface area contributed by atoms with E-state index in [2.05, 4.69) is 73.4 Å². The average molecular weight is 337 g/mol. The summed E-state index contributed by atoms with van der Waals surface area (Å²) in [7, 11) is 0. The first-order valence-corrected chi connectivity index (χ1v) is 4.65. The van der Waals surface area contributed by atoms with Crippen LogP contribution in [0.2, 0.25) is 0 Å². The molecule has 100 valence electrons. The number of thiol groups is 4. The zero-order valence-electron chi connectivity index (χ0n) is 8.23. The molecule has 0 bridgehead atoms. The molecule has 0 aliphatic heterocycles. The molecule has 8 N–H and O–H groups in total. The van der Waals surface area contributed by atoms with E-state index in [-0.39, 0.29) is 11.0 Å². The van der Waals surface area contributed by atoms with E-state index in [1.54, 1.807) is 0 Å². The first-order valence-electron chi connectivity index (χ1n) is 2.87. The normalized spacial score (nSPS) is 5.88. The maximum Gasteiger partial charge on any atom is 0.273 e. The molecule has 0 aromatic heterocycles. The SMILES string of the molecule is NC(=O)S.NC(=O)S.NC(=O)S.NC(=O)S.[Si]. The Morgan fingerprint density at radius 2 is 0.529 bits per heavy atom. The summed E-state index contributed by atoms with van der Waals surface area (Å²) in [5.74, 6) is 0. The number of hydrogen-bond donors (Lipinski definition) is 8. The predicted octanol–water partition coefficient (Wildman–Crippen LogP) is -0.401. The highest BCUT2D eigenvalue weighted by molar-refractivity contribution is 7.97.